The standard InChI is InChI=1S/C26H36O2/c1-4-5-7-16-24(28-20-23-14-8-6-9-15-23)17-12-19-26(22(3)27)25-18-11-10-13-21(25)2/h6,8-11,13-15,18,24,26H,4-5,7,12,16-17,19-20H2,1-3H3. The molecule has 2 heteroatoms. The monoisotopic (exact) mass is 380 g/mol. The van der Waals surface area contributed by atoms with Crippen LogP contribution in [0.5, 0.6) is 0 Å². The maximum Gasteiger partial charge on any atom is 0.137 e. The summed E-state index contributed by atoms with van der Waals surface area (Å²) in [4.78, 5) is 12.3. The molecule has 0 aliphatic rings. The van der Waals surface area contributed by atoms with Gasteiger partial charge >= 0.3 is 0 Å². The van der Waals surface area contributed by atoms with Gasteiger partial charge < -0.3 is 4.74 Å². The molecule has 0 amide bonds. The summed E-state index contributed by atoms with van der Waals surface area (Å²) in [5.74, 6) is 0.272. The van der Waals surface area contributed by atoms with E-state index in [1.807, 2.05) is 18.2 Å². The molecular weight excluding hydrogens is 344 g/mol. The summed E-state index contributed by atoms with van der Waals surface area (Å²) in [6.07, 6.45) is 8.02. The summed E-state index contributed by atoms with van der Waals surface area (Å²) in [6, 6.07) is 18.7. The first-order valence-electron chi connectivity index (χ1n) is 10.8. The molecule has 2 atom stereocenters. The zero-order valence-electron chi connectivity index (χ0n) is 17.8. The van der Waals surface area contributed by atoms with E-state index in [2.05, 4.69) is 50.2 Å². The molecule has 0 heterocycles. The van der Waals surface area contributed by atoms with E-state index in [9.17, 15) is 4.79 Å². The van der Waals surface area contributed by atoms with E-state index in [0.29, 0.717) is 6.61 Å². The molecule has 0 radical (unpaired) electrons. The van der Waals surface area contributed by atoms with Gasteiger partial charge in [0.25, 0.3) is 0 Å². The first-order valence-corrected chi connectivity index (χ1v) is 10.8. The molecule has 28 heavy (non-hydrogen) atoms. The van der Waals surface area contributed by atoms with Crippen molar-refractivity contribution >= 4 is 5.78 Å². The van der Waals surface area contributed by atoms with Crippen LogP contribution in [0.1, 0.15) is 81.4 Å². The van der Waals surface area contributed by atoms with Crippen LogP contribution in [0.3, 0.4) is 0 Å². The average molecular weight is 381 g/mol. The quantitative estimate of drug-likeness (QED) is 0.350. The van der Waals surface area contributed by atoms with Crippen molar-refractivity contribution in [1.29, 1.82) is 0 Å². The number of ether oxygens (including phenoxy) is 1. The number of aryl methyl sites for hydroxylation is 1. The van der Waals surface area contributed by atoms with Gasteiger partial charge in [-0.05, 0) is 56.2 Å². The van der Waals surface area contributed by atoms with Crippen LogP contribution in [0.15, 0.2) is 54.6 Å². The van der Waals surface area contributed by atoms with Gasteiger partial charge in [0.2, 0.25) is 0 Å². The van der Waals surface area contributed by atoms with Crippen LogP contribution in [0, 0.1) is 6.92 Å². The Balaban J connectivity index is 1.90. The van der Waals surface area contributed by atoms with Crippen molar-refractivity contribution < 1.29 is 9.53 Å². The number of hydrogen-bond donors (Lipinski definition) is 0. The van der Waals surface area contributed by atoms with Crippen molar-refractivity contribution in [2.75, 3.05) is 0 Å². The van der Waals surface area contributed by atoms with E-state index in [1.54, 1.807) is 6.92 Å². The highest BCUT2D eigenvalue weighted by Crippen LogP contribution is 2.27. The zero-order chi connectivity index (χ0) is 20.2. The zero-order valence-corrected chi connectivity index (χ0v) is 17.8. The Morgan fingerprint density at radius 1 is 0.893 bits per heavy atom. The molecule has 0 aromatic heterocycles. The van der Waals surface area contributed by atoms with Crippen molar-refractivity contribution in [2.24, 2.45) is 0 Å². The number of ketones is 1. The SMILES string of the molecule is CCCCCC(CCCC(C(C)=O)c1ccccc1C)OCc1ccccc1. The third kappa shape index (κ3) is 7.59. The normalized spacial score (nSPS) is 13.2. The summed E-state index contributed by atoms with van der Waals surface area (Å²) in [6.45, 7) is 6.73. The van der Waals surface area contributed by atoms with Gasteiger partial charge in [-0.15, -0.1) is 0 Å². The number of benzene rings is 2. The highest BCUT2D eigenvalue weighted by atomic mass is 16.5. The Kier molecular flexibility index (Phi) is 9.99. The fourth-order valence-electron chi connectivity index (χ4n) is 3.83. The smallest absolute Gasteiger partial charge is 0.137 e. The largest absolute Gasteiger partial charge is 0.374 e. The third-order valence-electron chi connectivity index (χ3n) is 5.53. The predicted molar refractivity (Wildman–Crippen MR) is 118 cm³/mol. The Bertz CT molecular complexity index is 693. The van der Waals surface area contributed by atoms with Crippen molar-refractivity contribution in [3.05, 3.63) is 71.3 Å². The minimum atomic E-state index is 0.00613. The van der Waals surface area contributed by atoms with Crippen LogP contribution in [0.2, 0.25) is 0 Å². The highest BCUT2D eigenvalue weighted by Gasteiger charge is 2.19. The molecule has 2 rings (SSSR count). The van der Waals surface area contributed by atoms with Crippen molar-refractivity contribution in [3.63, 3.8) is 0 Å². The van der Waals surface area contributed by atoms with Gasteiger partial charge in [-0.2, -0.15) is 0 Å². The molecule has 0 saturated carbocycles. The van der Waals surface area contributed by atoms with E-state index >= 15 is 0 Å². The van der Waals surface area contributed by atoms with Gasteiger partial charge in [0.05, 0.1) is 12.7 Å². The predicted octanol–water partition coefficient (Wildman–Crippen LogP) is 7.00. The third-order valence-corrected chi connectivity index (χ3v) is 5.53. The van der Waals surface area contributed by atoms with E-state index < -0.39 is 0 Å². The van der Waals surface area contributed by atoms with Gasteiger partial charge in [-0.25, -0.2) is 0 Å². The van der Waals surface area contributed by atoms with E-state index in [4.69, 9.17) is 4.74 Å². The van der Waals surface area contributed by atoms with Crippen molar-refractivity contribution in [3.8, 4) is 0 Å². The number of unbranched alkanes of at least 4 members (excludes halogenated alkanes) is 2. The van der Waals surface area contributed by atoms with Crippen LogP contribution in [0.4, 0.5) is 0 Å². The van der Waals surface area contributed by atoms with Gasteiger partial charge in [0.15, 0.2) is 0 Å². The number of Topliss-reactive ketones (excluding diaryl/α,β-unsaturated/α-hetero) is 1. The molecule has 0 saturated heterocycles. The average Bonchev–Trinajstić information content (AvgIpc) is 2.70. The fourth-order valence-corrected chi connectivity index (χ4v) is 3.83. The van der Waals surface area contributed by atoms with Crippen molar-refractivity contribution in [1.82, 2.24) is 0 Å². The maximum atomic E-state index is 12.3. The lowest BCUT2D eigenvalue weighted by Gasteiger charge is -2.21. The molecule has 0 bridgehead atoms. The van der Waals surface area contributed by atoms with Crippen LogP contribution in [-0.2, 0) is 16.1 Å². The second kappa shape index (κ2) is 12.5. The minimum absolute atomic E-state index is 0.00613. The molecule has 2 aromatic rings. The molecule has 152 valence electrons. The van der Waals surface area contributed by atoms with Gasteiger partial charge in [-0.1, -0.05) is 80.8 Å². The summed E-state index contributed by atoms with van der Waals surface area (Å²) < 4.78 is 6.26. The number of rotatable bonds is 13. The Labute approximate surface area is 171 Å². The second-order valence-electron chi connectivity index (χ2n) is 7.87. The lowest BCUT2D eigenvalue weighted by atomic mass is 9.87. The number of carbonyl (C=O) groups excluding carboxylic acids is 1. The minimum Gasteiger partial charge on any atom is -0.374 e. The van der Waals surface area contributed by atoms with Gasteiger partial charge in [0, 0.05) is 5.92 Å². The molecule has 0 aliphatic heterocycles. The Hall–Kier alpha value is -1.93. The van der Waals surface area contributed by atoms with Crippen LogP contribution < -0.4 is 0 Å². The Morgan fingerprint density at radius 2 is 1.57 bits per heavy atom. The number of carbonyl (C=O) groups is 1. The Morgan fingerprint density at radius 3 is 2.25 bits per heavy atom. The lowest BCUT2D eigenvalue weighted by Crippen LogP contribution is -2.15. The molecule has 2 unspecified atom stereocenters. The second-order valence-corrected chi connectivity index (χ2v) is 7.87. The van der Waals surface area contributed by atoms with Crippen molar-refractivity contribution in [2.45, 2.75) is 84.3 Å². The van der Waals surface area contributed by atoms with E-state index in [-0.39, 0.29) is 17.8 Å². The fraction of sp³-hybridized carbons (Fsp3) is 0.500. The topological polar surface area (TPSA) is 26.3 Å². The number of hydrogen-bond acceptors (Lipinski definition) is 2. The van der Waals surface area contributed by atoms with Gasteiger partial charge in [0.1, 0.15) is 5.78 Å². The molecular formula is C26H36O2. The summed E-state index contributed by atoms with van der Waals surface area (Å²) in [7, 11) is 0. The van der Waals surface area contributed by atoms with Crippen LogP contribution in [0.25, 0.3) is 0 Å². The molecule has 2 aromatic carbocycles. The highest BCUT2D eigenvalue weighted by molar-refractivity contribution is 5.83. The molecule has 0 spiro atoms. The van der Waals surface area contributed by atoms with E-state index in [0.717, 1.165) is 25.7 Å². The summed E-state index contributed by atoms with van der Waals surface area (Å²) in [5, 5.41) is 0. The summed E-state index contributed by atoms with van der Waals surface area (Å²) >= 11 is 0. The van der Waals surface area contributed by atoms with Crippen LogP contribution in [-0.4, -0.2) is 11.9 Å². The molecule has 0 N–H and O–H groups in total. The molecule has 0 fully saturated rings. The maximum absolute atomic E-state index is 12.3. The molecule has 2 nitrogen and oxygen atoms in total. The first-order chi connectivity index (χ1) is 13.6. The van der Waals surface area contributed by atoms with Gasteiger partial charge in [-0.3, -0.25) is 4.79 Å². The first kappa shape index (κ1) is 22.4. The lowest BCUT2D eigenvalue weighted by molar-refractivity contribution is -0.118. The summed E-state index contributed by atoms with van der Waals surface area (Å²) in [5.41, 5.74) is 3.62. The van der Waals surface area contributed by atoms with Crippen LogP contribution >= 0.6 is 0 Å². The molecule has 0 aliphatic carbocycles. The van der Waals surface area contributed by atoms with E-state index in [1.165, 1.54) is 36.0 Å².